The van der Waals surface area contributed by atoms with Gasteiger partial charge in [0, 0.05) is 31.9 Å². The van der Waals surface area contributed by atoms with Crippen LogP contribution in [0.1, 0.15) is 37.0 Å². The lowest BCUT2D eigenvalue weighted by atomic mass is 10.0. The van der Waals surface area contributed by atoms with Crippen LogP contribution in [-0.2, 0) is 9.84 Å². The topological polar surface area (TPSA) is 75.4 Å². The van der Waals surface area contributed by atoms with Gasteiger partial charge >= 0.3 is 0 Å². The Morgan fingerprint density at radius 1 is 1.14 bits per heavy atom. The molecule has 1 saturated heterocycles. The van der Waals surface area contributed by atoms with Crippen molar-refractivity contribution in [2.45, 2.75) is 36.3 Å². The molecular formula is C22H27N3O3S. The van der Waals surface area contributed by atoms with Gasteiger partial charge in [-0.1, -0.05) is 30.3 Å². The van der Waals surface area contributed by atoms with Crippen LogP contribution in [0.5, 0.6) is 0 Å². The minimum atomic E-state index is -3.23. The van der Waals surface area contributed by atoms with Crippen LogP contribution in [0.3, 0.4) is 0 Å². The lowest BCUT2D eigenvalue weighted by Crippen LogP contribution is -2.35. The third-order valence-electron chi connectivity index (χ3n) is 5.83. The number of aliphatic hydroxyl groups is 1. The second kappa shape index (κ2) is 8.26. The van der Waals surface area contributed by atoms with Gasteiger partial charge in [0.2, 0.25) is 0 Å². The number of imidazole rings is 1. The third-order valence-corrected chi connectivity index (χ3v) is 6.94. The van der Waals surface area contributed by atoms with Crippen LogP contribution in [-0.4, -0.2) is 53.9 Å². The van der Waals surface area contributed by atoms with Gasteiger partial charge in [0.15, 0.2) is 9.84 Å². The Hall–Kier alpha value is -2.22. The minimum absolute atomic E-state index is 0.307. The monoisotopic (exact) mass is 413 g/mol. The highest BCUT2D eigenvalue weighted by Crippen LogP contribution is 2.28. The number of piperidine rings is 1. The zero-order valence-electron chi connectivity index (χ0n) is 16.6. The molecule has 0 saturated carbocycles. The summed E-state index contributed by atoms with van der Waals surface area (Å²) in [5, 5.41) is 10.4. The average Bonchev–Trinajstić information content (AvgIpc) is 3.16. The standard InChI is InChI=1S/C22H27N3O3S/c1-29(27,28)19-7-8-21-20(15-19)23-16-25(21)18-9-12-24(13-10-18)14-11-22(26)17-5-3-2-4-6-17/h2-8,15-16,18,22,26H,9-14H2,1H3. The van der Waals surface area contributed by atoms with Crippen LogP contribution < -0.4 is 0 Å². The van der Waals surface area contributed by atoms with E-state index in [0.29, 0.717) is 10.9 Å². The summed E-state index contributed by atoms with van der Waals surface area (Å²) in [4.78, 5) is 7.15. The summed E-state index contributed by atoms with van der Waals surface area (Å²) in [6.45, 7) is 2.84. The van der Waals surface area contributed by atoms with E-state index in [0.717, 1.165) is 55.5 Å². The summed E-state index contributed by atoms with van der Waals surface area (Å²) in [6.07, 6.45) is 5.39. The van der Waals surface area contributed by atoms with Crippen LogP contribution in [0.15, 0.2) is 59.8 Å². The largest absolute Gasteiger partial charge is 0.388 e. The molecule has 1 N–H and O–H groups in total. The molecule has 1 aliphatic heterocycles. The molecule has 1 unspecified atom stereocenters. The van der Waals surface area contributed by atoms with Gasteiger partial charge in [-0.25, -0.2) is 13.4 Å². The summed E-state index contributed by atoms with van der Waals surface area (Å²) in [7, 11) is -3.23. The third kappa shape index (κ3) is 4.52. The first-order valence-corrected chi connectivity index (χ1v) is 11.9. The highest BCUT2D eigenvalue weighted by Gasteiger charge is 2.23. The molecule has 6 nitrogen and oxygen atoms in total. The van der Waals surface area contributed by atoms with Crippen molar-refractivity contribution in [3.05, 3.63) is 60.4 Å². The molecule has 1 fully saturated rings. The first-order valence-electron chi connectivity index (χ1n) is 10.0. The molecule has 0 radical (unpaired) electrons. The van der Waals surface area contributed by atoms with E-state index in [1.54, 1.807) is 12.1 Å². The van der Waals surface area contributed by atoms with Gasteiger partial charge in [-0.2, -0.15) is 0 Å². The minimum Gasteiger partial charge on any atom is -0.388 e. The Morgan fingerprint density at radius 3 is 2.55 bits per heavy atom. The van der Waals surface area contributed by atoms with Gasteiger partial charge in [0.1, 0.15) is 0 Å². The van der Waals surface area contributed by atoms with Crippen molar-refractivity contribution in [1.82, 2.24) is 14.5 Å². The molecule has 0 amide bonds. The van der Waals surface area contributed by atoms with E-state index >= 15 is 0 Å². The maximum Gasteiger partial charge on any atom is 0.175 e. The Kier molecular flexibility index (Phi) is 5.72. The van der Waals surface area contributed by atoms with Gasteiger partial charge in [0.05, 0.1) is 28.4 Å². The van der Waals surface area contributed by atoms with Crippen molar-refractivity contribution in [3.63, 3.8) is 0 Å². The van der Waals surface area contributed by atoms with Crippen molar-refractivity contribution in [3.8, 4) is 0 Å². The smallest absolute Gasteiger partial charge is 0.175 e. The van der Waals surface area contributed by atoms with E-state index in [4.69, 9.17) is 0 Å². The van der Waals surface area contributed by atoms with Crippen molar-refractivity contribution in [1.29, 1.82) is 0 Å². The van der Waals surface area contributed by atoms with Gasteiger partial charge < -0.3 is 14.6 Å². The molecule has 0 spiro atoms. The molecule has 2 aromatic carbocycles. The zero-order chi connectivity index (χ0) is 20.4. The molecule has 0 aliphatic carbocycles. The molecular weight excluding hydrogens is 386 g/mol. The number of nitrogens with zero attached hydrogens (tertiary/aromatic N) is 3. The molecule has 7 heteroatoms. The predicted octanol–water partition coefficient (Wildman–Crippen LogP) is 3.20. The normalized spacial score (nSPS) is 17.6. The Labute approximate surface area is 171 Å². The molecule has 1 aromatic heterocycles. The van der Waals surface area contributed by atoms with Gasteiger partial charge in [0.25, 0.3) is 0 Å². The maximum absolute atomic E-state index is 11.8. The van der Waals surface area contributed by atoms with E-state index in [1.165, 1.54) is 6.26 Å². The number of likely N-dealkylation sites (tertiary alicyclic amines) is 1. The number of rotatable bonds is 6. The van der Waals surface area contributed by atoms with Gasteiger partial charge in [-0.15, -0.1) is 0 Å². The zero-order valence-corrected chi connectivity index (χ0v) is 17.4. The number of fused-ring (bicyclic) bond motifs is 1. The van der Waals surface area contributed by atoms with E-state index in [9.17, 15) is 13.5 Å². The Balaban J connectivity index is 1.36. The molecule has 29 heavy (non-hydrogen) atoms. The van der Waals surface area contributed by atoms with Crippen molar-refractivity contribution in [2.24, 2.45) is 0 Å². The van der Waals surface area contributed by atoms with Gasteiger partial charge in [-0.3, -0.25) is 0 Å². The first-order chi connectivity index (χ1) is 13.9. The van der Waals surface area contributed by atoms with Crippen LogP contribution in [0.2, 0.25) is 0 Å². The summed E-state index contributed by atoms with van der Waals surface area (Å²) < 4.78 is 25.7. The van der Waals surface area contributed by atoms with Gasteiger partial charge in [-0.05, 0) is 43.0 Å². The van der Waals surface area contributed by atoms with Crippen molar-refractivity contribution < 1.29 is 13.5 Å². The Morgan fingerprint density at radius 2 is 1.86 bits per heavy atom. The van der Waals surface area contributed by atoms with Crippen LogP contribution >= 0.6 is 0 Å². The van der Waals surface area contributed by atoms with Crippen molar-refractivity contribution in [2.75, 3.05) is 25.9 Å². The fourth-order valence-corrected chi connectivity index (χ4v) is 4.74. The SMILES string of the molecule is CS(=O)(=O)c1ccc2c(c1)ncn2C1CCN(CCC(O)c2ccccc2)CC1. The fraction of sp³-hybridized carbons (Fsp3) is 0.409. The number of hydrogen-bond donors (Lipinski definition) is 1. The highest BCUT2D eigenvalue weighted by molar-refractivity contribution is 7.90. The number of aliphatic hydroxyl groups excluding tert-OH is 1. The van der Waals surface area contributed by atoms with E-state index in [2.05, 4.69) is 14.5 Å². The molecule has 0 bridgehead atoms. The second-order valence-electron chi connectivity index (χ2n) is 7.86. The summed E-state index contributed by atoms with van der Waals surface area (Å²) >= 11 is 0. The lowest BCUT2D eigenvalue weighted by molar-refractivity contribution is 0.124. The summed E-state index contributed by atoms with van der Waals surface area (Å²) in [6, 6.07) is 15.4. The predicted molar refractivity (Wildman–Crippen MR) is 114 cm³/mol. The first kappa shape index (κ1) is 20.1. The average molecular weight is 414 g/mol. The van der Waals surface area contributed by atoms with Crippen LogP contribution in [0, 0.1) is 0 Å². The fourth-order valence-electron chi connectivity index (χ4n) is 4.10. The molecule has 1 aliphatic rings. The molecule has 2 heterocycles. The molecule has 3 aromatic rings. The number of aromatic nitrogens is 2. The van der Waals surface area contributed by atoms with Crippen molar-refractivity contribution >= 4 is 20.9 Å². The molecule has 1 atom stereocenters. The number of benzene rings is 2. The molecule has 4 rings (SSSR count). The maximum atomic E-state index is 11.8. The van der Waals surface area contributed by atoms with E-state index in [-0.39, 0.29) is 0 Å². The van der Waals surface area contributed by atoms with Crippen LogP contribution in [0.25, 0.3) is 11.0 Å². The molecule has 154 valence electrons. The second-order valence-corrected chi connectivity index (χ2v) is 9.88. The van der Waals surface area contributed by atoms with E-state index < -0.39 is 15.9 Å². The number of sulfone groups is 1. The lowest BCUT2D eigenvalue weighted by Gasteiger charge is -2.33. The van der Waals surface area contributed by atoms with E-state index in [1.807, 2.05) is 42.7 Å². The quantitative estimate of drug-likeness (QED) is 0.672. The summed E-state index contributed by atoms with van der Waals surface area (Å²) in [5.41, 5.74) is 2.68. The summed E-state index contributed by atoms with van der Waals surface area (Å²) in [5.74, 6) is 0. The Bertz CT molecular complexity index is 1070. The van der Waals surface area contributed by atoms with Crippen LogP contribution in [0.4, 0.5) is 0 Å². The highest BCUT2D eigenvalue weighted by atomic mass is 32.2. The number of hydrogen-bond acceptors (Lipinski definition) is 5.